The summed E-state index contributed by atoms with van der Waals surface area (Å²) in [7, 11) is 0. The van der Waals surface area contributed by atoms with Gasteiger partial charge in [0.05, 0.1) is 39.4 Å². The predicted octanol–water partition coefficient (Wildman–Crippen LogP) is 5.44. The van der Waals surface area contributed by atoms with Crippen molar-refractivity contribution in [2.45, 2.75) is 57.1 Å². The van der Waals surface area contributed by atoms with Gasteiger partial charge in [-0.1, -0.05) is 61.4 Å². The predicted molar refractivity (Wildman–Crippen MR) is 141 cm³/mol. The van der Waals surface area contributed by atoms with Gasteiger partial charge in [0, 0.05) is 6.04 Å². The second kappa shape index (κ2) is 10.1. The Morgan fingerprint density at radius 3 is 2.51 bits per heavy atom. The monoisotopic (exact) mass is 487 g/mol. The van der Waals surface area contributed by atoms with Crippen LogP contribution in [0.4, 0.5) is 5.69 Å². The van der Waals surface area contributed by atoms with E-state index >= 15 is 0 Å². The van der Waals surface area contributed by atoms with E-state index in [-0.39, 0.29) is 23.3 Å². The molecule has 2 aromatic carbocycles. The summed E-state index contributed by atoms with van der Waals surface area (Å²) in [6.45, 7) is 3.84. The number of hydrogen-bond acceptors (Lipinski definition) is 5. The molecule has 7 nitrogen and oxygen atoms in total. The van der Waals surface area contributed by atoms with Gasteiger partial charge in [-0.2, -0.15) is 5.10 Å². The molecule has 2 aromatic heterocycles. The molecule has 1 N–H and O–H groups in total. The van der Waals surface area contributed by atoms with E-state index in [1.807, 2.05) is 77.7 Å². The first-order valence-corrected chi connectivity index (χ1v) is 13.1. The van der Waals surface area contributed by atoms with Gasteiger partial charge >= 0.3 is 0 Å². The fourth-order valence-electron chi connectivity index (χ4n) is 4.84. The maximum Gasteiger partial charge on any atom is 0.262 e. The summed E-state index contributed by atoms with van der Waals surface area (Å²) in [4.78, 5) is 31.2. The lowest BCUT2D eigenvalue weighted by Crippen LogP contribution is -2.29. The number of carbonyl (C=O) groups excluding carboxylic acids is 1. The summed E-state index contributed by atoms with van der Waals surface area (Å²) < 4.78 is 3.67. The summed E-state index contributed by atoms with van der Waals surface area (Å²) in [5.41, 5.74) is 3.95. The smallest absolute Gasteiger partial charge is 0.262 e. The Morgan fingerprint density at radius 2 is 1.74 bits per heavy atom. The number of aryl methyl sites for hydroxylation is 1. The van der Waals surface area contributed by atoms with Crippen molar-refractivity contribution in [3.8, 4) is 5.69 Å². The zero-order valence-electron chi connectivity index (χ0n) is 20.0. The first kappa shape index (κ1) is 23.4. The van der Waals surface area contributed by atoms with Gasteiger partial charge < -0.3 is 5.32 Å². The lowest BCUT2D eigenvalue weighted by molar-refractivity contribution is -0.113. The van der Waals surface area contributed by atoms with Crippen LogP contribution in [-0.4, -0.2) is 31.0 Å². The minimum absolute atomic E-state index is 0.0127. The Morgan fingerprint density at radius 1 is 1.03 bits per heavy atom. The van der Waals surface area contributed by atoms with E-state index in [0.717, 1.165) is 48.4 Å². The molecule has 0 saturated heterocycles. The number of thioether (sulfide) groups is 1. The van der Waals surface area contributed by atoms with Gasteiger partial charge in [0.2, 0.25) is 5.91 Å². The zero-order valence-corrected chi connectivity index (χ0v) is 20.8. The number of fused-ring (bicyclic) bond motifs is 1. The molecule has 0 bridgehead atoms. The van der Waals surface area contributed by atoms with Gasteiger partial charge in [-0.15, -0.1) is 0 Å². The standard InChI is InChI=1S/C27H29N5O2S/c1-18-25(19(2)32(30-18)21-13-7-4-8-14-21)29-24(33)17-35-27-28-23-16-10-9-15-22(23)26(34)31(27)20-11-5-3-6-12-20/h4,7-10,13-16,20H,3,5-6,11-12,17H2,1-2H3,(H,29,33). The lowest BCUT2D eigenvalue weighted by Gasteiger charge is -2.26. The van der Waals surface area contributed by atoms with E-state index in [1.165, 1.54) is 18.2 Å². The summed E-state index contributed by atoms with van der Waals surface area (Å²) in [6.07, 6.45) is 5.36. The van der Waals surface area contributed by atoms with Crippen molar-refractivity contribution in [1.29, 1.82) is 0 Å². The van der Waals surface area contributed by atoms with Crippen molar-refractivity contribution in [3.05, 3.63) is 76.3 Å². The minimum Gasteiger partial charge on any atom is -0.322 e. The van der Waals surface area contributed by atoms with Crippen molar-refractivity contribution in [1.82, 2.24) is 19.3 Å². The molecule has 0 atom stereocenters. The highest BCUT2D eigenvalue weighted by Crippen LogP contribution is 2.31. The fourth-order valence-corrected chi connectivity index (χ4v) is 5.70. The molecular weight excluding hydrogens is 458 g/mol. The molecule has 180 valence electrons. The Labute approximate surface area is 208 Å². The molecule has 2 heterocycles. The lowest BCUT2D eigenvalue weighted by atomic mass is 9.95. The second-order valence-corrected chi connectivity index (χ2v) is 9.95. The molecule has 1 fully saturated rings. The summed E-state index contributed by atoms with van der Waals surface area (Å²) in [5.74, 6) is 0.0128. The van der Waals surface area contributed by atoms with Crippen LogP contribution < -0.4 is 10.9 Å². The van der Waals surface area contributed by atoms with E-state index in [4.69, 9.17) is 4.98 Å². The third kappa shape index (κ3) is 4.75. The number of hydrogen-bond donors (Lipinski definition) is 1. The van der Waals surface area contributed by atoms with Gasteiger partial charge in [-0.05, 0) is 51.0 Å². The largest absolute Gasteiger partial charge is 0.322 e. The van der Waals surface area contributed by atoms with Gasteiger partial charge in [0.25, 0.3) is 5.56 Å². The normalized spacial score (nSPS) is 14.3. The summed E-state index contributed by atoms with van der Waals surface area (Å²) in [5, 5.41) is 8.89. The Kier molecular flexibility index (Phi) is 6.72. The molecule has 4 aromatic rings. The number of benzene rings is 2. The first-order chi connectivity index (χ1) is 17.0. The van der Waals surface area contributed by atoms with Crippen LogP contribution in [0.3, 0.4) is 0 Å². The number of amides is 1. The molecule has 0 unspecified atom stereocenters. The number of nitrogens with zero attached hydrogens (tertiary/aromatic N) is 4. The average molecular weight is 488 g/mol. The van der Waals surface area contributed by atoms with Crippen LogP contribution in [0.1, 0.15) is 49.5 Å². The summed E-state index contributed by atoms with van der Waals surface area (Å²) in [6, 6.07) is 17.4. The molecule has 35 heavy (non-hydrogen) atoms. The Hall–Kier alpha value is -3.39. The number of carbonyl (C=O) groups is 1. The molecule has 0 radical (unpaired) electrons. The van der Waals surface area contributed by atoms with Crippen molar-refractivity contribution in [2.75, 3.05) is 11.1 Å². The maximum absolute atomic E-state index is 13.4. The highest BCUT2D eigenvalue weighted by Gasteiger charge is 2.23. The molecule has 1 aliphatic carbocycles. The van der Waals surface area contributed by atoms with Crippen LogP contribution in [0.2, 0.25) is 0 Å². The third-order valence-corrected chi connectivity index (χ3v) is 7.56. The van der Waals surface area contributed by atoms with Crippen LogP contribution in [-0.2, 0) is 4.79 Å². The topological polar surface area (TPSA) is 81.8 Å². The Bertz CT molecular complexity index is 1420. The van der Waals surface area contributed by atoms with Gasteiger partial charge in [0.15, 0.2) is 5.16 Å². The second-order valence-electron chi connectivity index (χ2n) is 9.01. The molecule has 0 aliphatic heterocycles. The van der Waals surface area contributed by atoms with Crippen LogP contribution in [0, 0.1) is 13.8 Å². The zero-order chi connectivity index (χ0) is 24.4. The van der Waals surface area contributed by atoms with Crippen molar-refractivity contribution in [3.63, 3.8) is 0 Å². The Balaban J connectivity index is 1.38. The minimum atomic E-state index is -0.147. The molecule has 1 saturated carbocycles. The fraction of sp³-hybridized carbons (Fsp3) is 0.333. The van der Waals surface area contributed by atoms with Gasteiger partial charge in [-0.25, -0.2) is 9.67 Å². The van der Waals surface area contributed by atoms with Crippen molar-refractivity contribution >= 4 is 34.3 Å². The molecule has 1 amide bonds. The van der Waals surface area contributed by atoms with E-state index in [2.05, 4.69) is 10.4 Å². The number of nitrogens with one attached hydrogen (secondary N) is 1. The van der Waals surface area contributed by atoms with E-state index in [9.17, 15) is 9.59 Å². The average Bonchev–Trinajstić information content (AvgIpc) is 3.17. The number of rotatable bonds is 6. The van der Waals surface area contributed by atoms with Crippen LogP contribution in [0.25, 0.3) is 16.6 Å². The van der Waals surface area contributed by atoms with E-state index in [1.54, 1.807) is 0 Å². The molecule has 5 rings (SSSR count). The van der Waals surface area contributed by atoms with Crippen LogP contribution in [0.5, 0.6) is 0 Å². The third-order valence-electron chi connectivity index (χ3n) is 6.60. The van der Waals surface area contributed by atoms with E-state index in [0.29, 0.717) is 16.1 Å². The van der Waals surface area contributed by atoms with Crippen molar-refractivity contribution in [2.24, 2.45) is 0 Å². The SMILES string of the molecule is Cc1nn(-c2ccccc2)c(C)c1NC(=O)CSc1nc2ccccc2c(=O)n1C1CCCCC1. The highest BCUT2D eigenvalue weighted by atomic mass is 32.2. The number of anilines is 1. The first-order valence-electron chi connectivity index (χ1n) is 12.1. The molecular formula is C27H29N5O2S. The molecule has 8 heteroatoms. The van der Waals surface area contributed by atoms with Gasteiger partial charge in [-0.3, -0.25) is 14.2 Å². The quantitative estimate of drug-likeness (QED) is 0.289. The summed E-state index contributed by atoms with van der Waals surface area (Å²) >= 11 is 1.32. The molecule has 0 spiro atoms. The van der Waals surface area contributed by atoms with Crippen LogP contribution in [0.15, 0.2) is 64.5 Å². The molecule has 1 aliphatic rings. The highest BCUT2D eigenvalue weighted by molar-refractivity contribution is 7.99. The van der Waals surface area contributed by atoms with Crippen LogP contribution >= 0.6 is 11.8 Å². The van der Waals surface area contributed by atoms with Gasteiger partial charge in [0.1, 0.15) is 0 Å². The number of para-hydroxylation sites is 2. The van der Waals surface area contributed by atoms with E-state index < -0.39 is 0 Å². The number of aromatic nitrogens is 4. The maximum atomic E-state index is 13.4. The van der Waals surface area contributed by atoms with Crippen molar-refractivity contribution < 1.29 is 4.79 Å².